The highest BCUT2D eigenvalue weighted by atomic mass is 35.5. The molecule has 2 N–H and O–H groups in total. The van der Waals surface area contributed by atoms with Gasteiger partial charge in [-0.1, -0.05) is 65.7 Å². The zero-order valence-electron chi connectivity index (χ0n) is 21.4. The van der Waals surface area contributed by atoms with Crippen LogP contribution in [0.15, 0.2) is 97.3 Å². The van der Waals surface area contributed by atoms with Crippen LogP contribution < -0.4 is 5.32 Å². The first-order chi connectivity index (χ1) is 19.0. The Kier molecular flexibility index (Phi) is 7.40. The average Bonchev–Trinajstić information content (AvgIpc) is 2.96. The summed E-state index contributed by atoms with van der Waals surface area (Å²) in [5.74, 6) is 1.73. The lowest BCUT2D eigenvalue weighted by molar-refractivity contribution is 0.411. The number of nitrogens with one attached hydrogen (secondary N) is 1. The summed E-state index contributed by atoms with van der Waals surface area (Å²) in [4.78, 5) is 9.23. The van der Waals surface area contributed by atoms with Crippen LogP contribution in [0.5, 0.6) is 5.75 Å². The molecule has 5 aromatic rings. The van der Waals surface area contributed by atoms with Gasteiger partial charge in [-0.2, -0.15) is 0 Å². The molecule has 1 saturated carbocycles. The molecule has 0 amide bonds. The van der Waals surface area contributed by atoms with Gasteiger partial charge in [-0.05, 0) is 102 Å². The zero-order valence-corrected chi connectivity index (χ0v) is 22.9. The SMILES string of the molecule is Oc1ccc(C2CCC(Nc3ncnc4ccc(C(c5ccc(Cl)cc5)c5ccc(Cl)cc5)cc34)CC2)cc1. The lowest BCUT2D eigenvalue weighted by Crippen LogP contribution is -2.26. The third-order valence-corrected chi connectivity index (χ3v) is 8.34. The molecule has 6 rings (SSSR count). The van der Waals surface area contributed by atoms with E-state index in [2.05, 4.69) is 57.7 Å². The first-order valence-electron chi connectivity index (χ1n) is 13.3. The smallest absolute Gasteiger partial charge is 0.137 e. The van der Waals surface area contributed by atoms with Crippen LogP contribution in [0.1, 0.15) is 59.8 Å². The zero-order chi connectivity index (χ0) is 26.8. The molecule has 1 aliphatic rings. The fourth-order valence-electron chi connectivity index (χ4n) is 5.77. The minimum Gasteiger partial charge on any atom is -0.508 e. The van der Waals surface area contributed by atoms with Gasteiger partial charge in [0, 0.05) is 27.4 Å². The Morgan fingerprint density at radius 3 is 1.90 bits per heavy atom. The highest BCUT2D eigenvalue weighted by Crippen LogP contribution is 2.37. The number of fused-ring (bicyclic) bond motifs is 1. The van der Waals surface area contributed by atoms with Crippen molar-refractivity contribution in [1.82, 2.24) is 9.97 Å². The van der Waals surface area contributed by atoms with E-state index in [9.17, 15) is 5.11 Å². The van der Waals surface area contributed by atoms with E-state index in [1.807, 2.05) is 36.4 Å². The van der Waals surface area contributed by atoms with E-state index < -0.39 is 0 Å². The van der Waals surface area contributed by atoms with Crippen LogP contribution in [0.4, 0.5) is 5.82 Å². The Balaban J connectivity index is 1.29. The maximum Gasteiger partial charge on any atom is 0.137 e. The highest BCUT2D eigenvalue weighted by molar-refractivity contribution is 6.30. The quantitative estimate of drug-likeness (QED) is 0.206. The van der Waals surface area contributed by atoms with Gasteiger partial charge in [0.1, 0.15) is 17.9 Å². The van der Waals surface area contributed by atoms with Crippen molar-refractivity contribution in [2.75, 3.05) is 5.32 Å². The standard InChI is InChI=1S/C33H29Cl2N3O/c34-26-10-1-23(2-11-26)32(24-3-12-27(35)13-4-24)25-9-18-31-30(19-25)33(37-20-36-31)38-28-14-5-21(6-15-28)22-7-16-29(39)17-8-22/h1-4,7-13,16-21,28,32,39H,5-6,14-15H2,(H,36,37,38). The van der Waals surface area contributed by atoms with E-state index in [0.29, 0.717) is 27.8 Å². The van der Waals surface area contributed by atoms with E-state index in [4.69, 9.17) is 23.2 Å². The number of aromatic nitrogens is 2. The second-order valence-electron chi connectivity index (χ2n) is 10.3. The highest BCUT2D eigenvalue weighted by Gasteiger charge is 2.24. The van der Waals surface area contributed by atoms with Gasteiger partial charge < -0.3 is 10.4 Å². The predicted molar refractivity (Wildman–Crippen MR) is 160 cm³/mol. The normalized spacial score (nSPS) is 17.4. The van der Waals surface area contributed by atoms with Gasteiger partial charge in [-0.25, -0.2) is 9.97 Å². The van der Waals surface area contributed by atoms with Gasteiger partial charge in [0.05, 0.1) is 5.52 Å². The van der Waals surface area contributed by atoms with E-state index in [-0.39, 0.29) is 5.92 Å². The number of rotatable bonds is 6. The van der Waals surface area contributed by atoms with Crippen molar-refractivity contribution in [2.24, 2.45) is 0 Å². The van der Waals surface area contributed by atoms with E-state index in [1.54, 1.807) is 18.5 Å². The second-order valence-corrected chi connectivity index (χ2v) is 11.2. The van der Waals surface area contributed by atoms with E-state index in [0.717, 1.165) is 59.1 Å². The first kappa shape index (κ1) is 25.7. The minimum atomic E-state index is 0.0118. The predicted octanol–water partition coefficient (Wildman–Crippen LogP) is 8.96. The number of hydrogen-bond acceptors (Lipinski definition) is 4. The van der Waals surface area contributed by atoms with Gasteiger partial charge in [-0.15, -0.1) is 0 Å². The lowest BCUT2D eigenvalue weighted by atomic mass is 9.81. The van der Waals surface area contributed by atoms with Crippen molar-refractivity contribution in [2.45, 2.75) is 43.6 Å². The number of phenolic OH excluding ortho intramolecular Hbond substituents is 1. The minimum absolute atomic E-state index is 0.0118. The van der Waals surface area contributed by atoms with Gasteiger partial charge in [-0.3, -0.25) is 0 Å². The Morgan fingerprint density at radius 1 is 0.692 bits per heavy atom. The van der Waals surface area contributed by atoms with Crippen molar-refractivity contribution in [3.63, 3.8) is 0 Å². The Bertz CT molecular complexity index is 1520. The molecule has 39 heavy (non-hydrogen) atoms. The van der Waals surface area contributed by atoms with Crippen molar-refractivity contribution in [1.29, 1.82) is 0 Å². The molecule has 4 aromatic carbocycles. The molecule has 0 radical (unpaired) electrons. The summed E-state index contributed by atoms with van der Waals surface area (Å²) >= 11 is 12.4. The number of hydrogen-bond donors (Lipinski definition) is 2. The van der Waals surface area contributed by atoms with Crippen molar-refractivity contribution in [3.05, 3.63) is 130 Å². The molecular formula is C33H29Cl2N3O. The summed E-state index contributed by atoms with van der Waals surface area (Å²) < 4.78 is 0. The Morgan fingerprint density at radius 2 is 1.28 bits per heavy atom. The number of nitrogens with zero attached hydrogens (tertiary/aromatic N) is 2. The lowest BCUT2D eigenvalue weighted by Gasteiger charge is -2.30. The molecule has 0 atom stereocenters. The fourth-order valence-corrected chi connectivity index (χ4v) is 6.02. The Hall–Kier alpha value is -3.60. The van der Waals surface area contributed by atoms with Crippen molar-refractivity contribution < 1.29 is 5.11 Å². The molecule has 0 spiro atoms. The molecule has 0 bridgehead atoms. The monoisotopic (exact) mass is 553 g/mol. The average molecular weight is 555 g/mol. The number of phenols is 1. The molecule has 196 valence electrons. The van der Waals surface area contributed by atoms with Gasteiger partial charge in [0.2, 0.25) is 0 Å². The summed E-state index contributed by atoms with van der Waals surface area (Å²) in [6, 6.07) is 30.5. The van der Waals surface area contributed by atoms with Gasteiger partial charge in [0.25, 0.3) is 0 Å². The molecular weight excluding hydrogens is 525 g/mol. The van der Waals surface area contributed by atoms with Crippen LogP contribution in [0, 0.1) is 0 Å². The Labute approximate surface area is 238 Å². The summed E-state index contributed by atoms with van der Waals surface area (Å²) in [5.41, 5.74) is 5.68. The van der Waals surface area contributed by atoms with Crippen LogP contribution in [-0.4, -0.2) is 21.1 Å². The number of halogens is 2. The van der Waals surface area contributed by atoms with Crippen LogP contribution in [-0.2, 0) is 0 Å². The van der Waals surface area contributed by atoms with Crippen molar-refractivity contribution >= 4 is 39.9 Å². The van der Waals surface area contributed by atoms with E-state index >= 15 is 0 Å². The maximum atomic E-state index is 9.62. The molecule has 0 unspecified atom stereocenters. The summed E-state index contributed by atoms with van der Waals surface area (Å²) in [7, 11) is 0. The molecule has 0 aliphatic heterocycles. The molecule has 1 heterocycles. The van der Waals surface area contributed by atoms with E-state index in [1.165, 1.54) is 5.56 Å². The number of anilines is 1. The molecule has 1 aromatic heterocycles. The van der Waals surface area contributed by atoms with Gasteiger partial charge >= 0.3 is 0 Å². The van der Waals surface area contributed by atoms with Crippen LogP contribution >= 0.6 is 23.2 Å². The first-order valence-corrected chi connectivity index (χ1v) is 14.1. The summed E-state index contributed by atoms with van der Waals surface area (Å²) in [6.07, 6.45) is 5.98. The molecule has 6 heteroatoms. The van der Waals surface area contributed by atoms with Gasteiger partial charge in [0.15, 0.2) is 0 Å². The summed E-state index contributed by atoms with van der Waals surface area (Å²) in [5, 5.41) is 15.8. The summed E-state index contributed by atoms with van der Waals surface area (Å²) in [6.45, 7) is 0. The van der Waals surface area contributed by atoms with Crippen LogP contribution in [0.25, 0.3) is 10.9 Å². The topological polar surface area (TPSA) is 58.0 Å². The maximum absolute atomic E-state index is 9.62. The van der Waals surface area contributed by atoms with Crippen molar-refractivity contribution in [3.8, 4) is 5.75 Å². The third-order valence-electron chi connectivity index (χ3n) is 7.83. The van der Waals surface area contributed by atoms with Crippen LogP contribution in [0.3, 0.4) is 0 Å². The molecule has 4 nitrogen and oxygen atoms in total. The number of benzene rings is 4. The number of aromatic hydroxyl groups is 1. The fraction of sp³-hybridized carbons (Fsp3) is 0.212. The second kappa shape index (κ2) is 11.3. The largest absolute Gasteiger partial charge is 0.508 e. The van der Waals surface area contributed by atoms with Crippen LogP contribution in [0.2, 0.25) is 10.0 Å². The third kappa shape index (κ3) is 5.73. The molecule has 0 saturated heterocycles. The molecule has 1 aliphatic carbocycles. The molecule has 1 fully saturated rings.